The molecule has 0 bridgehead atoms. The van der Waals surface area contributed by atoms with E-state index >= 15 is 0 Å². The van der Waals surface area contributed by atoms with Gasteiger partial charge < -0.3 is 10.5 Å². The van der Waals surface area contributed by atoms with Crippen molar-refractivity contribution in [3.05, 3.63) is 28.2 Å². The molecule has 18 heavy (non-hydrogen) atoms. The lowest BCUT2D eigenvalue weighted by atomic mass is 9.67. The molecule has 6 heteroatoms. The molecular formula is C12H13BrFN3O. The highest BCUT2D eigenvalue weighted by molar-refractivity contribution is 9.10. The third-order valence-electron chi connectivity index (χ3n) is 3.84. The largest absolute Gasteiger partial charge is 0.462 e. The van der Waals surface area contributed by atoms with Crippen LogP contribution in [0.25, 0.3) is 0 Å². The first-order valence-corrected chi connectivity index (χ1v) is 6.64. The van der Waals surface area contributed by atoms with Crippen molar-refractivity contribution in [1.82, 2.24) is 4.98 Å². The van der Waals surface area contributed by atoms with Gasteiger partial charge in [-0.15, -0.1) is 0 Å². The molecule has 0 amide bonds. The summed E-state index contributed by atoms with van der Waals surface area (Å²) in [5.41, 5.74) is 5.28. The van der Waals surface area contributed by atoms with Crippen LogP contribution in [0.3, 0.4) is 0 Å². The summed E-state index contributed by atoms with van der Waals surface area (Å²) in [6.45, 7) is 1.87. The molecule has 3 unspecified atom stereocenters. The van der Waals surface area contributed by atoms with Crippen molar-refractivity contribution in [2.75, 3.05) is 0 Å². The smallest absolute Gasteiger partial charge is 0.283 e. The number of amidine groups is 1. The maximum Gasteiger partial charge on any atom is 0.283 e. The van der Waals surface area contributed by atoms with Crippen molar-refractivity contribution in [2.24, 2.45) is 16.6 Å². The zero-order chi connectivity index (χ0) is 12.9. The first-order chi connectivity index (χ1) is 8.50. The number of aliphatic imine (C=N–C) groups is 1. The maximum atomic E-state index is 14.0. The van der Waals surface area contributed by atoms with E-state index in [9.17, 15) is 4.39 Å². The van der Waals surface area contributed by atoms with Crippen LogP contribution in [0.1, 0.15) is 25.5 Å². The van der Waals surface area contributed by atoms with Crippen molar-refractivity contribution in [1.29, 1.82) is 0 Å². The fourth-order valence-electron chi connectivity index (χ4n) is 2.75. The van der Waals surface area contributed by atoms with Crippen molar-refractivity contribution in [2.45, 2.75) is 31.4 Å². The van der Waals surface area contributed by atoms with Gasteiger partial charge in [0, 0.05) is 5.92 Å². The number of hydrogen-bond donors (Lipinski definition) is 1. The first-order valence-electron chi connectivity index (χ1n) is 5.85. The summed E-state index contributed by atoms with van der Waals surface area (Å²) in [4.78, 5) is 8.56. The second-order valence-electron chi connectivity index (χ2n) is 4.90. The fraction of sp³-hybridized carbons (Fsp3) is 0.500. The summed E-state index contributed by atoms with van der Waals surface area (Å²) in [5, 5.41) is 0. The molecule has 1 saturated carbocycles. The molecule has 0 radical (unpaired) electrons. The zero-order valence-electron chi connectivity index (χ0n) is 9.86. The Labute approximate surface area is 113 Å². The average molecular weight is 314 g/mol. The molecule has 4 nitrogen and oxygen atoms in total. The highest BCUT2D eigenvalue weighted by Gasteiger charge is 2.52. The van der Waals surface area contributed by atoms with Crippen LogP contribution in [0, 0.1) is 11.7 Å². The van der Waals surface area contributed by atoms with Gasteiger partial charge in [-0.2, -0.15) is 0 Å². The summed E-state index contributed by atoms with van der Waals surface area (Å²) in [6.07, 6.45) is 1.92. The molecule has 2 aliphatic rings. The number of fused-ring (bicyclic) bond motifs is 1. The van der Waals surface area contributed by atoms with E-state index in [-0.39, 0.29) is 23.9 Å². The summed E-state index contributed by atoms with van der Waals surface area (Å²) in [6, 6.07) is 3.10. The van der Waals surface area contributed by atoms with Crippen LogP contribution in [0.2, 0.25) is 0 Å². The molecule has 2 heterocycles. The van der Waals surface area contributed by atoms with Gasteiger partial charge in [0.05, 0.1) is 0 Å². The predicted octanol–water partition coefficient (Wildman–Crippen LogP) is 2.32. The van der Waals surface area contributed by atoms with Crippen molar-refractivity contribution < 1.29 is 9.13 Å². The van der Waals surface area contributed by atoms with Gasteiger partial charge in [0.2, 0.25) is 0 Å². The maximum absolute atomic E-state index is 14.0. The lowest BCUT2D eigenvalue weighted by molar-refractivity contribution is -0.0312. The molecule has 1 aliphatic carbocycles. The van der Waals surface area contributed by atoms with Crippen LogP contribution in [-0.2, 0) is 10.3 Å². The zero-order valence-corrected chi connectivity index (χ0v) is 11.4. The average Bonchev–Trinajstić information content (AvgIpc) is 2.26. The third-order valence-corrected chi connectivity index (χ3v) is 4.28. The van der Waals surface area contributed by atoms with Crippen LogP contribution < -0.4 is 5.73 Å². The van der Waals surface area contributed by atoms with E-state index in [1.165, 1.54) is 6.07 Å². The molecular weight excluding hydrogens is 301 g/mol. The molecule has 1 aromatic heterocycles. The SMILES string of the molecule is CC1(c2nc(Br)ccc2F)N=C(N)OC2CCC21. The highest BCUT2D eigenvalue weighted by Crippen LogP contribution is 2.49. The van der Waals surface area contributed by atoms with Crippen LogP contribution in [-0.4, -0.2) is 17.1 Å². The van der Waals surface area contributed by atoms with Crippen LogP contribution in [0.15, 0.2) is 21.7 Å². The molecule has 2 N–H and O–H groups in total. The van der Waals surface area contributed by atoms with Gasteiger partial charge in [-0.25, -0.2) is 14.4 Å². The summed E-state index contributed by atoms with van der Waals surface area (Å²) in [7, 11) is 0. The third kappa shape index (κ3) is 1.62. The van der Waals surface area contributed by atoms with E-state index in [2.05, 4.69) is 25.9 Å². The summed E-state index contributed by atoms with van der Waals surface area (Å²) >= 11 is 3.27. The summed E-state index contributed by atoms with van der Waals surface area (Å²) in [5.74, 6) is -0.217. The minimum Gasteiger partial charge on any atom is -0.462 e. The minimum atomic E-state index is -0.737. The topological polar surface area (TPSA) is 60.5 Å². The fourth-order valence-corrected chi connectivity index (χ4v) is 3.06. The van der Waals surface area contributed by atoms with Gasteiger partial charge in [0.15, 0.2) is 0 Å². The number of rotatable bonds is 1. The van der Waals surface area contributed by atoms with Crippen LogP contribution in [0.4, 0.5) is 4.39 Å². The predicted molar refractivity (Wildman–Crippen MR) is 68.5 cm³/mol. The summed E-state index contributed by atoms with van der Waals surface area (Å²) < 4.78 is 20.0. The molecule has 1 aliphatic heterocycles. The Hall–Kier alpha value is -1.17. The number of nitrogens with two attached hydrogens (primary N) is 1. The normalized spacial score (nSPS) is 34.1. The minimum absolute atomic E-state index is 0.0349. The Morgan fingerprint density at radius 3 is 2.94 bits per heavy atom. The van der Waals surface area contributed by atoms with Crippen molar-refractivity contribution in [3.8, 4) is 0 Å². The van der Waals surface area contributed by atoms with E-state index in [0.717, 1.165) is 12.8 Å². The standard InChI is InChI=1S/C12H13BrFN3O/c1-12(10-7(14)3-5-9(13)16-10)6-2-4-8(6)18-11(15)17-12/h3,5-6,8H,2,4H2,1H3,(H2,15,17). The Bertz CT molecular complexity index is 536. The lowest BCUT2D eigenvalue weighted by Gasteiger charge is -2.48. The van der Waals surface area contributed by atoms with Gasteiger partial charge in [0.25, 0.3) is 6.02 Å². The molecule has 1 fully saturated rings. The van der Waals surface area contributed by atoms with Gasteiger partial charge >= 0.3 is 0 Å². The molecule has 96 valence electrons. The van der Waals surface area contributed by atoms with Gasteiger partial charge in [0.1, 0.15) is 27.8 Å². The molecule has 3 rings (SSSR count). The van der Waals surface area contributed by atoms with E-state index in [1.807, 2.05) is 6.92 Å². The molecule has 1 aromatic rings. The number of nitrogens with zero attached hydrogens (tertiary/aromatic N) is 2. The number of pyridine rings is 1. The Balaban J connectivity index is 2.13. The molecule has 3 atom stereocenters. The highest BCUT2D eigenvalue weighted by atomic mass is 79.9. The van der Waals surface area contributed by atoms with Crippen molar-refractivity contribution in [3.63, 3.8) is 0 Å². The number of aromatic nitrogens is 1. The first kappa shape index (κ1) is 11.9. The van der Waals surface area contributed by atoms with Gasteiger partial charge in [-0.05, 0) is 47.8 Å². The number of hydrogen-bond acceptors (Lipinski definition) is 4. The Kier molecular flexibility index (Phi) is 2.59. The second kappa shape index (κ2) is 3.91. The van der Waals surface area contributed by atoms with Crippen LogP contribution in [0.5, 0.6) is 0 Å². The molecule has 0 aromatic carbocycles. The van der Waals surface area contributed by atoms with E-state index < -0.39 is 5.54 Å². The van der Waals surface area contributed by atoms with Gasteiger partial charge in [-0.1, -0.05) is 0 Å². The van der Waals surface area contributed by atoms with Gasteiger partial charge in [-0.3, -0.25) is 0 Å². The Morgan fingerprint density at radius 2 is 2.28 bits per heavy atom. The monoisotopic (exact) mass is 313 g/mol. The second-order valence-corrected chi connectivity index (χ2v) is 5.71. The molecule has 0 saturated heterocycles. The van der Waals surface area contributed by atoms with Crippen LogP contribution >= 0.6 is 15.9 Å². The lowest BCUT2D eigenvalue weighted by Crippen LogP contribution is -2.53. The Morgan fingerprint density at radius 1 is 1.50 bits per heavy atom. The molecule has 0 spiro atoms. The number of halogens is 2. The van der Waals surface area contributed by atoms with Crippen molar-refractivity contribution >= 4 is 22.0 Å². The van der Waals surface area contributed by atoms with E-state index in [4.69, 9.17) is 10.5 Å². The number of ether oxygens (including phenoxy) is 1. The quantitative estimate of drug-likeness (QED) is 0.809. The van der Waals surface area contributed by atoms with E-state index in [0.29, 0.717) is 10.3 Å². The van der Waals surface area contributed by atoms with E-state index in [1.54, 1.807) is 6.07 Å².